The third-order valence-electron chi connectivity index (χ3n) is 6.53. The van der Waals surface area contributed by atoms with Crippen molar-refractivity contribution in [1.82, 2.24) is 10.6 Å². The van der Waals surface area contributed by atoms with Gasteiger partial charge in [0.05, 0.1) is 11.0 Å². The monoisotopic (exact) mass is 421 g/mol. The van der Waals surface area contributed by atoms with Crippen molar-refractivity contribution < 1.29 is 13.2 Å². The number of hydrogen-bond acceptors (Lipinski definition) is 4. The summed E-state index contributed by atoms with van der Waals surface area (Å²) in [6, 6.07) is 7.52. The minimum absolute atomic E-state index is 0.257. The van der Waals surface area contributed by atoms with Crippen LogP contribution in [-0.2, 0) is 21.0 Å². The first-order valence-electron chi connectivity index (χ1n) is 10.8. The van der Waals surface area contributed by atoms with Crippen LogP contribution in [0.4, 0.5) is 0 Å². The second kappa shape index (κ2) is 9.47. The first-order chi connectivity index (χ1) is 13.9. The van der Waals surface area contributed by atoms with Crippen LogP contribution in [0.15, 0.2) is 34.2 Å². The maximum atomic E-state index is 11.6. The highest BCUT2D eigenvalue weighted by Gasteiger charge is 2.55. The molecule has 1 spiro atoms. The van der Waals surface area contributed by atoms with Crippen molar-refractivity contribution in [3.63, 3.8) is 0 Å². The molecule has 2 atom stereocenters. The van der Waals surface area contributed by atoms with Crippen LogP contribution in [0.5, 0.6) is 0 Å². The number of nitrogens with one attached hydrogen (secondary N) is 2. The summed E-state index contributed by atoms with van der Waals surface area (Å²) in [5, 5.41) is 7.06. The molecule has 0 bridgehead atoms. The summed E-state index contributed by atoms with van der Waals surface area (Å²) in [5.74, 6) is 0.836. The molecule has 6 nitrogen and oxygen atoms in total. The van der Waals surface area contributed by atoms with E-state index in [4.69, 9.17) is 4.74 Å². The molecule has 29 heavy (non-hydrogen) atoms. The van der Waals surface area contributed by atoms with E-state index in [1.807, 2.05) is 19.2 Å². The number of guanidine groups is 1. The summed E-state index contributed by atoms with van der Waals surface area (Å²) in [7, 11) is -1.34. The van der Waals surface area contributed by atoms with Gasteiger partial charge in [-0.25, -0.2) is 8.42 Å². The third-order valence-corrected chi connectivity index (χ3v) is 7.66. The maximum absolute atomic E-state index is 11.6. The Balaban J connectivity index is 1.52. The number of hydrogen-bond donors (Lipinski definition) is 2. The second-order valence-electron chi connectivity index (χ2n) is 8.34. The Bertz CT molecular complexity index is 799. The SMILES string of the molecule is CCOC1CC(NC(=NC)NCCc2ccc(S(C)(=O)=O)cc2)C12CCCCC2. The van der Waals surface area contributed by atoms with Crippen LogP contribution in [0.2, 0.25) is 0 Å². The lowest BCUT2D eigenvalue weighted by Gasteiger charge is -2.57. The molecule has 2 fully saturated rings. The van der Waals surface area contributed by atoms with E-state index < -0.39 is 9.84 Å². The van der Waals surface area contributed by atoms with Gasteiger partial charge >= 0.3 is 0 Å². The number of aliphatic imine (C=N–C) groups is 1. The lowest BCUT2D eigenvalue weighted by atomic mass is 9.55. The van der Waals surface area contributed by atoms with E-state index in [1.54, 1.807) is 12.1 Å². The van der Waals surface area contributed by atoms with Gasteiger partial charge in [0.2, 0.25) is 0 Å². The molecule has 2 aliphatic carbocycles. The van der Waals surface area contributed by atoms with Crippen molar-refractivity contribution in [2.45, 2.75) is 68.9 Å². The summed E-state index contributed by atoms with van der Waals surface area (Å²) in [6.07, 6.45) is 9.83. The van der Waals surface area contributed by atoms with Crippen LogP contribution in [0.25, 0.3) is 0 Å². The molecule has 2 aliphatic rings. The van der Waals surface area contributed by atoms with E-state index in [9.17, 15) is 8.42 Å². The predicted molar refractivity (Wildman–Crippen MR) is 117 cm³/mol. The number of nitrogens with zero attached hydrogens (tertiary/aromatic N) is 1. The second-order valence-corrected chi connectivity index (χ2v) is 10.4. The average Bonchev–Trinajstić information content (AvgIpc) is 2.72. The van der Waals surface area contributed by atoms with E-state index in [0.29, 0.717) is 17.0 Å². The van der Waals surface area contributed by atoms with E-state index >= 15 is 0 Å². The highest BCUT2D eigenvalue weighted by Crippen LogP contribution is 2.53. The van der Waals surface area contributed by atoms with Crippen LogP contribution in [0.3, 0.4) is 0 Å². The van der Waals surface area contributed by atoms with Crippen LogP contribution < -0.4 is 10.6 Å². The molecular formula is C22H35N3O3S. The topological polar surface area (TPSA) is 79.8 Å². The fourth-order valence-electron chi connectivity index (χ4n) is 4.85. The van der Waals surface area contributed by atoms with Gasteiger partial charge in [0.25, 0.3) is 0 Å². The Hall–Kier alpha value is -1.60. The Kier molecular flexibility index (Phi) is 7.22. The smallest absolute Gasteiger partial charge is 0.191 e. The third kappa shape index (κ3) is 5.12. The van der Waals surface area contributed by atoms with Gasteiger partial charge in [0, 0.05) is 37.9 Å². The van der Waals surface area contributed by atoms with Gasteiger partial charge in [-0.15, -0.1) is 0 Å². The molecule has 1 aromatic rings. The molecule has 3 rings (SSSR count). The number of sulfone groups is 1. The lowest BCUT2D eigenvalue weighted by molar-refractivity contribution is -0.145. The van der Waals surface area contributed by atoms with Crippen LogP contribution in [0.1, 0.15) is 51.0 Å². The Morgan fingerprint density at radius 1 is 1.21 bits per heavy atom. The van der Waals surface area contributed by atoms with E-state index in [1.165, 1.54) is 38.4 Å². The van der Waals surface area contributed by atoms with Crippen LogP contribution >= 0.6 is 0 Å². The molecule has 0 heterocycles. The van der Waals surface area contributed by atoms with E-state index in [0.717, 1.165) is 37.5 Å². The van der Waals surface area contributed by atoms with Crippen molar-refractivity contribution in [2.75, 3.05) is 26.5 Å². The molecule has 7 heteroatoms. The van der Waals surface area contributed by atoms with Crippen molar-refractivity contribution in [3.8, 4) is 0 Å². The molecule has 1 aromatic carbocycles. The number of benzene rings is 1. The van der Waals surface area contributed by atoms with Crippen LogP contribution in [0, 0.1) is 5.41 Å². The largest absolute Gasteiger partial charge is 0.378 e. The zero-order valence-corrected chi connectivity index (χ0v) is 18.7. The fraction of sp³-hybridized carbons (Fsp3) is 0.682. The normalized spacial score (nSPS) is 24.2. The quantitative estimate of drug-likeness (QED) is 0.523. The van der Waals surface area contributed by atoms with Gasteiger partial charge < -0.3 is 15.4 Å². The lowest BCUT2D eigenvalue weighted by Crippen LogP contribution is -2.66. The first-order valence-corrected chi connectivity index (χ1v) is 12.7. The number of ether oxygens (including phenoxy) is 1. The summed E-state index contributed by atoms with van der Waals surface area (Å²) in [6.45, 7) is 3.61. The van der Waals surface area contributed by atoms with Gasteiger partial charge in [-0.3, -0.25) is 4.99 Å². The van der Waals surface area contributed by atoms with Crippen molar-refractivity contribution in [3.05, 3.63) is 29.8 Å². The molecular weight excluding hydrogens is 386 g/mol. The van der Waals surface area contributed by atoms with Crippen molar-refractivity contribution in [1.29, 1.82) is 0 Å². The first kappa shape index (κ1) is 22.1. The zero-order chi connectivity index (χ0) is 20.9. The molecule has 0 amide bonds. The molecule has 0 radical (unpaired) electrons. The summed E-state index contributed by atoms with van der Waals surface area (Å²) in [4.78, 5) is 4.77. The average molecular weight is 422 g/mol. The number of rotatable bonds is 7. The van der Waals surface area contributed by atoms with Crippen LogP contribution in [-0.4, -0.2) is 53.0 Å². The van der Waals surface area contributed by atoms with Gasteiger partial charge in [-0.05, 0) is 50.3 Å². The molecule has 0 aliphatic heterocycles. The standard InChI is InChI=1S/C22H35N3O3S/c1-4-28-20-16-19(22(20)13-6-5-7-14-22)25-21(23-2)24-15-12-17-8-10-18(11-9-17)29(3,26)27/h8-11,19-20H,4-7,12-16H2,1-3H3,(H2,23,24,25). The van der Waals surface area contributed by atoms with Gasteiger partial charge in [-0.2, -0.15) is 0 Å². The van der Waals surface area contributed by atoms with Gasteiger partial charge in [0.1, 0.15) is 0 Å². The minimum Gasteiger partial charge on any atom is -0.378 e. The molecule has 162 valence electrons. The highest BCUT2D eigenvalue weighted by atomic mass is 32.2. The molecule has 2 saturated carbocycles. The zero-order valence-electron chi connectivity index (χ0n) is 17.9. The Morgan fingerprint density at radius 2 is 1.90 bits per heavy atom. The van der Waals surface area contributed by atoms with Gasteiger partial charge in [0.15, 0.2) is 15.8 Å². The minimum atomic E-state index is -3.14. The Labute approximate surface area is 175 Å². The van der Waals surface area contributed by atoms with E-state index in [-0.39, 0.29) is 5.41 Å². The maximum Gasteiger partial charge on any atom is 0.191 e. The summed E-state index contributed by atoms with van der Waals surface area (Å²) >= 11 is 0. The molecule has 0 saturated heterocycles. The Morgan fingerprint density at radius 3 is 2.48 bits per heavy atom. The molecule has 2 unspecified atom stereocenters. The van der Waals surface area contributed by atoms with E-state index in [2.05, 4.69) is 22.5 Å². The summed E-state index contributed by atoms with van der Waals surface area (Å²) in [5.41, 5.74) is 1.36. The molecule has 2 N–H and O–H groups in total. The summed E-state index contributed by atoms with van der Waals surface area (Å²) < 4.78 is 29.2. The van der Waals surface area contributed by atoms with Crippen molar-refractivity contribution >= 4 is 15.8 Å². The molecule has 0 aromatic heterocycles. The predicted octanol–water partition coefficient (Wildman–Crippen LogP) is 2.93. The van der Waals surface area contributed by atoms with Crippen molar-refractivity contribution in [2.24, 2.45) is 10.4 Å². The highest BCUT2D eigenvalue weighted by molar-refractivity contribution is 7.90. The van der Waals surface area contributed by atoms with Gasteiger partial charge in [-0.1, -0.05) is 31.4 Å². The fourth-order valence-corrected chi connectivity index (χ4v) is 5.48.